The molecule has 0 bridgehead atoms. The van der Waals surface area contributed by atoms with Gasteiger partial charge in [0.1, 0.15) is 5.82 Å². The van der Waals surface area contributed by atoms with Gasteiger partial charge in [-0.3, -0.25) is 4.79 Å². The van der Waals surface area contributed by atoms with Gasteiger partial charge in [0, 0.05) is 13.1 Å². The fourth-order valence-electron chi connectivity index (χ4n) is 3.30. The first-order valence-corrected chi connectivity index (χ1v) is 7.69. The van der Waals surface area contributed by atoms with Crippen molar-refractivity contribution >= 4 is 5.91 Å². The van der Waals surface area contributed by atoms with Gasteiger partial charge in [-0.2, -0.15) is 0 Å². The minimum Gasteiger partial charge on any atom is -0.342 e. The van der Waals surface area contributed by atoms with E-state index in [-0.39, 0.29) is 17.6 Å². The van der Waals surface area contributed by atoms with Crippen LogP contribution in [0.1, 0.15) is 44.1 Å². The molecule has 20 heavy (non-hydrogen) atoms. The minimum atomic E-state index is -0.234. The number of rotatable bonds is 3. The molecule has 0 aromatic heterocycles. The molecule has 0 radical (unpaired) electrons. The fourth-order valence-corrected chi connectivity index (χ4v) is 3.30. The van der Waals surface area contributed by atoms with Gasteiger partial charge in [0.15, 0.2) is 0 Å². The van der Waals surface area contributed by atoms with Crippen molar-refractivity contribution in [2.45, 2.75) is 38.5 Å². The average Bonchev–Trinajstić information content (AvgIpc) is 3.26. The minimum absolute atomic E-state index is 0.0547. The van der Waals surface area contributed by atoms with E-state index in [1.165, 1.54) is 18.6 Å². The Morgan fingerprint density at radius 3 is 2.55 bits per heavy atom. The molecular formula is C17H22FNO. The highest BCUT2D eigenvalue weighted by Crippen LogP contribution is 2.44. The summed E-state index contributed by atoms with van der Waals surface area (Å²) in [7, 11) is 0. The molecule has 1 aromatic rings. The number of hydrogen-bond acceptors (Lipinski definition) is 1. The van der Waals surface area contributed by atoms with E-state index in [2.05, 4.69) is 6.92 Å². The molecule has 0 N–H and O–H groups in total. The first-order valence-electron chi connectivity index (χ1n) is 7.69. The van der Waals surface area contributed by atoms with E-state index >= 15 is 0 Å². The third-order valence-electron chi connectivity index (χ3n) is 4.56. The van der Waals surface area contributed by atoms with Crippen molar-refractivity contribution in [3.8, 4) is 0 Å². The summed E-state index contributed by atoms with van der Waals surface area (Å²) < 4.78 is 13.1. The summed E-state index contributed by atoms with van der Waals surface area (Å²) in [6.45, 7) is 3.97. The van der Waals surface area contributed by atoms with Crippen LogP contribution in [0.2, 0.25) is 0 Å². The lowest BCUT2D eigenvalue weighted by atomic mass is 9.91. The number of carbonyl (C=O) groups excluding carboxylic acids is 1. The van der Waals surface area contributed by atoms with Crippen LogP contribution in [-0.2, 0) is 4.79 Å². The van der Waals surface area contributed by atoms with Gasteiger partial charge in [-0.25, -0.2) is 4.39 Å². The van der Waals surface area contributed by atoms with Gasteiger partial charge in [0.25, 0.3) is 0 Å². The molecule has 0 spiro atoms. The monoisotopic (exact) mass is 275 g/mol. The Bertz CT molecular complexity index is 480. The second-order valence-corrected chi connectivity index (χ2v) is 6.40. The van der Waals surface area contributed by atoms with Crippen LogP contribution in [0.4, 0.5) is 4.39 Å². The van der Waals surface area contributed by atoms with Crippen LogP contribution in [0.5, 0.6) is 0 Å². The van der Waals surface area contributed by atoms with Crippen LogP contribution in [0.15, 0.2) is 24.3 Å². The highest BCUT2D eigenvalue weighted by atomic mass is 19.1. The van der Waals surface area contributed by atoms with Crippen molar-refractivity contribution in [3.05, 3.63) is 35.6 Å². The van der Waals surface area contributed by atoms with Crippen molar-refractivity contribution in [1.82, 2.24) is 4.90 Å². The molecule has 2 unspecified atom stereocenters. The molecule has 1 aliphatic carbocycles. The van der Waals surface area contributed by atoms with Gasteiger partial charge in [0.2, 0.25) is 5.91 Å². The molecule has 2 fully saturated rings. The first kappa shape index (κ1) is 13.6. The van der Waals surface area contributed by atoms with Crippen molar-refractivity contribution in [2.75, 3.05) is 13.1 Å². The van der Waals surface area contributed by atoms with Crippen LogP contribution in [-0.4, -0.2) is 23.9 Å². The lowest BCUT2D eigenvalue weighted by molar-refractivity contribution is -0.135. The van der Waals surface area contributed by atoms with Gasteiger partial charge < -0.3 is 4.90 Å². The van der Waals surface area contributed by atoms with Gasteiger partial charge in [-0.1, -0.05) is 19.1 Å². The number of hydrogen-bond donors (Lipinski definition) is 0. The van der Waals surface area contributed by atoms with Crippen molar-refractivity contribution < 1.29 is 9.18 Å². The van der Waals surface area contributed by atoms with Gasteiger partial charge in [0.05, 0.1) is 5.92 Å². The number of likely N-dealkylation sites (tertiary alicyclic amines) is 1. The topological polar surface area (TPSA) is 20.3 Å². The highest BCUT2D eigenvalue weighted by molar-refractivity contribution is 5.84. The van der Waals surface area contributed by atoms with Crippen LogP contribution in [0.25, 0.3) is 0 Å². The van der Waals surface area contributed by atoms with E-state index in [9.17, 15) is 9.18 Å². The van der Waals surface area contributed by atoms with E-state index in [1.54, 1.807) is 12.1 Å². The standard InChI is InChI=1S/C17H22FNO/c1-12-3-2-10-19(11-12)17(20)16(13-4-5-13)14-6-8-15(18)9-7-14/h6-9,12-13,16H,2-5,10-11H2,1H3. The maximum Gasteiger partial charge on any atom is 0.230 e. The molecule has 1 amide bonds. The van der Waals surface area contributed by atoms with E-state index < -0.39 is 0 Å². The predicted molar refractivity (Wildman–Crippen MR) is 76.8 cm³/mol. The Hall–Kier alpha value is -1.38. The fraction of sp³-hybridized carbons (Fsp3) is 0.588. The molecule has 2 aliphatic rings. The molecule has 1 saturated carbocycles. The molecule has 3 rings (SSSR count). The number of piperidine rings is 1. The third kappa shape index (κ3) is 2.87. The molecule has 3 heteroatoms. The second-order valence-electron chi connectivity index (χ2n) is 6.40. The summed E-state index contributed by atoms with van der Waals surface area (Å²) in [5, 5.41) is 0. The number of halogens is 1. The summed E-state index contributed by atoms with van der Waals surface area (Å²) in [6, 6.07) is 6.50. The zero-order chi connectivity index (χ0) is 14.1. The molecule has 2 nitrogen and oxygen atoms in total. The number of carbonyl (C=O) groups is 1. The lowest BCUT2D eigenvalue weighted by Gasteiger charge is -2.34. The van der Waals surface area contributed by atoms with E-state index in [0.717, 1.165) is 37.9 Å². The maximum absolute atomic E-state index is 13.1. The molecule has 1 aromatic carbocycles. The molecule has 1 heterocycles. The summed E-state index contributed by atoms with van der Waals surface area (Å²) in [5.41, 5.74) is 0.983. The normalized spacial score (nSPS) is 24.5. The molecule has 1 aliphatic heterocycles. The van der Waals surface area contributed by atoms with Crippen LogP contribution in [0, 0.1) is 17.7 Å². The van der Waals surface area contributed by atoms with E-state index in [1.807, 2.05) is 4.90 Å². The maximum atomic E-state index is 13.1. The molecule has 2 atom stereocenters. The number of nitrogens with zero attached hydrogens (tertiary/aromatic N) is 1. The van der Waals surface area contributed by atoms with E-state index in [4.69, 9.17) is 0 Å². The van der Waals surface area contributed by atoms with Crippen molar-refractivity contribution in [2.24, 2.45) is 11.8 Å². The summed E-state index contributed by atoms with van der Waals surface area (Å²) >= 11 is 0. The summed E-state index contributed by atoms with van der Waals surface area (Å²) in [4.78, 5) is 14.9. The molecular weight excluding hydrogens is 253 g/mol. The second kappa shape index (κ2) is 5.55. The number of amides is 1. The van der Waals surface area contributed by atoms with Gasteiger partial charge in [-0.05, 0) is 55.2 Å². The van der Waals surface area contributed by atoms with E-state index in [0.29, 0.717) is 11.8 Å². The van der Waals surface area contributed by atoms with Crippen LogP contribution < -0.4 is 0 Å². The van der Waals surface area contributed by atoms with Crippen molar-refractivity contribution in [3.63, 3.8) is 0 Å². The van der Waals surface area contributed by atoms with Crippen LogP contribution >= 0.6 is 0 Å². The average molecular weight is 275 g/mol. The molecule has 1 saturated heterocycles. The third-order valence-corrected chi connectivity index (χ3v) is 4.56. The van der Waals surface area contributed by atoms with Crippen LogP contribution in [0.3, 0.4) is 0 Å². The summed E-state index contributed by atoms with van der Waals surface area (Å²) in [5.74, 6) is 1.03. The lowest BCUT2D eigenvalue weighted by Crippen LogP contribution is -2.42. The quantitative estimate of drug-likeness (QED) is 0.825. The Balaban J connectivity index is 1.79. The molecule has 108 valence electrons. The zero-order valence-corrected chi connectivity index (χ0v) is 12.0. The Labute approximate surface area is 120 Å². The highest BCUT2D eigenvalue weighted by Gasteiger charge is 2.39. The zero-order valence-electron chi connectivity index (χ0n) is 12.0. The number of benzene rings is 1. The Morgan fingerprint density at radius 1 is 1.25 bits per heavy atom. The summed E-state index contributed by atoms with van der Waals surface area (Å²) in [6.07, 6.45) is 4.57. The van der Waals surface area contributed by atoms with Gasteiger partial charge in [-0.15, -0.1) is 0 Å². The Kier molecular flexibility index (Phi) is 3.77. The van der Waals surface area contributed by atoms with Crippen molar-refractivity contribution in [1.29, 1.82) is 0 Å². The smallest absolute Gasteiger partial charge is 0.230 e. The first-order chi connectivity index (χ1) is 9.65. The predicted octanol–water partition coefficient (Wildman–Crippen LogP) is 3.58. The van der Waals surface area contributed by atoms with Gasteiger partial charge >= 0.3 is 0 Å². The Morgan fingerprint density at radius 2 is 1.95 bits per heavy atom. The largest absolute Gasteiger partial charge is 0.342 e. The SMILES string of the molecule is CC1CCCN(C(=O)C(c2ccc(F)cc2)C2CC2)C1.